The lowest BCUT2D eigenvalue weighted by Crippen LogP contribution is -2.37. The molecule has 0 aliphatic carbocycles. The molecule has 0 aromatic carbocycles. The maximum atomic E-state index is 6.00. The molecule has 3 nitrogen and oxygen atoms in total. The molecule has 5 heteroatoms. The highest BCUT2D eigenvalue weighted by Crippen LogP contribution is 2.24. The summed E-state index contributed by atoms with van der Waals surface area (Å²) in [5.74, 6) is 1.49. The van der Waals surface area contributed by atoms with Crippen LogP contribution in [0.3, 0.4) is 0 Å². The Morgan fingerprint density at radius 2 is 2.39 bits per heavy atom. The second-order valence-electron chi connectivity index (χ2n) is 4.93. The van der Waals surface area contributed by atoms with Gasteiger partial charge in [0.05, 0.1) is 5.88 Å². The van der Waals surface area contributed by atoms with E-state index in [1.54, 1.807) is 0 Å². The number of halogens is 2. The number of alkyl halides is 1. The van der Waals surface area contributed by atoms with E-state index < -0.39 is 0 Å². The number of hydrogen-bond donors (Lipinski definition) is 0. The third-order valence-corrected chi connectivity index (χ3v) is 4.29. The van der Waals surface area contributed by atoms with E-state index in [1.807, 2.05) is 12.3 Å². The molecule has 1 saturated heterocycles. The van der Waals surface area contributed by atoms with Crippen LogP contribution in [0.1, 0.15) is 18.4 Å². The summed E-state index contributed by atoms with van der Waals surface area (Å²) in [4.78, 5) is 9.14. The van der Waals surface area contributed by atoms with Crippen LogP contribution in [0.15, 0.2) is 16.7 Å². The summed E-state index contributed by atoms with van der Waals surface area (Å²) in [6.07, 6.45) is 4.40. The normalized spacial score (nSPS) is 20.3. The molecule has 0 amide bonds. The molecular weight excluding hydrogens is 314 g/mol. The van der Waals surface area contributed by atoms with Crippen molar-refractivity contribution < 1.29 is 0 Å². The molecule has 1 aromatic heterocycles. The number of pyridine rings is 1. The molecule has 18 heavy (non-hydrogen) atoms. The first-order chi connectivity index (χ1) is 8.61. The zero-order valence-electron chi connectivity index (χ0n) is 10.9. The van der Waals surface area contributed by atoms with E-state index in [0.717, 1.165) is 22.4 Å². The van der Waals surface area contributed by atoms with Crippen LogP contribution in [0, 0.1) is 0 Å². The fourth-order valence-corrected chi connectivity index (χ4v) is 3.10. The molecule has 0 bridgehead atoms. The second kappa shape index (κ2) is 6.22. The second-order valence-corrected chi connectivity index (χ2v) is 6.11. The van der Waals surface area contributed by atoms with Gasteiger partial charge in [0.25, 0.3) is 0 Å². The Bertz CT molecular complexity index is 413. The maximum Gasteiger partial charge on any atom is 0.132 e. The number of nitrogens with zero attached hydrogens (tertiary/aromatic N) is 3. The average molecular weight is 333 g/mol. The summed E-state index contributed by atoms with van der Waals surface area (Å²) in [5.41, 5.74) is 1.08. The molecule has 1 aliphatic rings. The van der Waals surface area contributed by atoms with Gasteiger partial charge in [0.1, 0.15) is 5.82 Å². The highest BCUT2D eigenvalue weighted by Gasteiger charge is 2.23. The highest BCUT2D eigenvalue weighted by atomic mass is 79.9. The predicted octanol–water partition coefficient (Wildman–Crippen LogP) is 3.11. The zero-order valence-corrected chi connectivity index (χ0v) is 13.2. The van der Waals surface area contributed by atoms with Crippen molar-refractivity contribution in [2.24, 2.45) is 0 Å². The first kappa shape index (κ1) is 14.1. The Morgan fingerprint density at radius 3 is 3.00 bits per heavy atom. The van der Waals surface area contributed by atoms with Gasteiger partial charge < -0.3 is 9.80 Å². The van der Waals surface area contributed by atoms with Crippen LogP contribution in [-0.4, -0.2) is 43.1 Å². The van der Waals surface area contributed by atoms with E-state index in [4.69, 9.17) is 11.6 Å². The van der Waals surface area contributed by atoms with Crippen LogP contribution in [0.4, 0.5) is 5.82 Å². The summed E-state index contributed by atoms with van der Waals surface area (Å²) >= 11 is 9.43. The van der Waals surface area contributed by atoms with E-state index in [9.17, 15) is 0 Å². The lowest BCUT2D eigenvalue weighted by atomic mass is 10.2. The van der Waals surface area contributed by atoms with Crippen molar-refractivity contribution in [2.45, 2.75) is 24.8 Å². The van der Waals surface area contributed by atoms with Crippen molar-refractivity contribution in [2.75, 3.05) is 32.1 Å². The van der Waals surface area contributed by atoms with Crippen LogP contribution in [0.5, 0.6) is 0 Å². The Labute approximate surface area is 122 Å². The summed E-state index contributed by atoms with van der Waals surface area (Å²) in [5, 5.41) is 0. The Balaban J connectivity index is 2.10. The fraction of sp³-hybridized carbons (Fsp3) is 0.615. The molecule has 2 heterocycles. The van der Waals surface area contributed by atoms with Gasteiger partial charge in [-0.25, -0.2) is 4.98 Å². The number of likely N-dealkylation sites (tertiary alicyclic amines) is 1. The molecule has 0 N–H and O–H groups in total. The summed E-state index contributed by atoms with van der Waals surface area (Å²) < 4.78 is 0.980. The van der Waals surface area contributed by atoms with Gasteiger partial charge in [-0.05, 0) is 48.4 Å². The van der Waals surface area contributed by atoms with Crippen molar-refractivity contribution in [1.82, 2.24) is 9.88 Å². The molecular formula is C13H19BrClN3. The smallest absolute Gasteiger partial charge is 0.132 e. The maximum absolute atomic E-state index is 6.00. The van der Waals surface area contributed by atoms with Gasteiger partial charge in [0.15, 0.2) is 0 Å². The summed E-state index contributed by atoms with van der Waals surface area (Å²) in [7, 11) is 4.29. The van der Waals surface area contributed by atoms with Gasteiger partial charge in [-0.1, -0.05) is 0 Å². The topological polar surface area (TPSA) is 19.4 Å². The minimum atomic E-state index is 0.493. The summed E-state index contributed by atoms with van der Waals surface area (Å²) in [6, 6.07) is 2.67. The van der Waals surface area contributed by atoms with Crippen LogP contribution in [0.2, 0.25) is 0 Å². The van der Waals surface area contributed by atoms with Crippen LogP contribution < -0.4 is 4.90 Å². The molecule has 0 saturated carbocycles. The van der Waals surface area contributed by atoms with E-state index in [-0.39, 0.29) is 0 Å². The van der Waals surface area contributed by atoms with Crippen molar-refractivity contribution in [3.63, 3.8) is 0 Å². The largest absolute Gasteiger partial charge is 0.358 e. The molecule has 1 atom stereocenters. The number of anilines is 1. The van der Waals surface area contributed by atoms with Crippen molar-refractivity contribution in [3.8, 4) is 0 Å². The van der Waals surface area contributed by atoms with E-state index in [2.05, 4.69) is 44.8 Å². The Hall–Kier alpha value is -0.320. The number of rotatable bonds is 4. The standard InChI is InChI=1S/C13H19BrClN3/c1-17-5-3-4-12(17)9-18(2)13-10(7-15)6-11(14)8-16-13/h6,8,12H,3-5,7,9H2,1-2H3. The SMILES string of the molecule is CN(CC1CCCN1C)c1ncc(Br)cc1CCl. The van der Waals surface area contributed by atoms with E-state index >= 15 is 0 Å². The minimum absolute atomic E-state index is 0.493. The van der Waals surface area contributed by atoms with Crippen LogP contribution in [0.25, 0.3) is 0 Å². The third kappa shape index (κ3) is 3.16. The van der Waals surface area contributed by atoms with Crippen molar-refractivity contribution in [1.29, 1.82) is 0 Å². The molecule has 0 radical (unpaired) electrons. The number of aromatic nitrogens is 1. The van der Waals surface area contributed by atoms with Gasteiger partial charge >= 0.3 is 0 Å². The average Bonchev–Trinajstić information content (AvgIpc) is 2.74. The highest BCUT2D eigenvalue weighted by molar-refractivity contribution is 9.10. The van der Waals surface area contributed by atoms with Gasteiger partial charge in [0.2, 0.25) is 0 Å². The van der Waals surface area contributed by atoms with Gasteiger partial charge in [0, 0.05) is 35.9 Å². The van der Waals surface area contributed by atoms with Gasteiger partial charge in [-0.15, -0.1) is 11.6 Å². The Morgan fingerprint density at radius 1 is 1.61 bits per heavy atom. The number of hydrogen-bond acceptors (Lipinski definition) is 3. The number of likely N-dealkylation sites (N-methyl/N-ethyl adjacent to an activating group) is 2. The molecule has 2 rings (SSSR count). The molecule has 1 aromatic rings. The van der Waals surface area contributed by atoms with E-state index in [0.29, 0.717) is 11.9 Å². The molecule has 1 unspecified atom stereocenters. The predicted molar refractivity (Wildman–Crippen MR) is 80.4 cm³/mol. The molecule has 1 fully saturated rings. The molecule has 100 valence electrons. The van der Waals surface area contributed by atoms with Crippen LogP contribution in [-0.2, 0) is 5.88 Å². The zero-order chi connectivity index (χ0) is 13.1. The van der Waals surface area contributed by atoms with Crippen LogP contribution >= 0.6 is 27.5 Å². The van der Waals surface area contributed by atoms with Crippen molar-refractivity contribution in [3.05, 3.63) is 22.3 Å². The van der Waals surface area contributed by atoms with Gasteiger partial charge in [-0.2, -0.15) is 0 Å². The molecule has 0 spiro atoms. The summed E-state index contributed by atoms with van der Waals surface area (Å²) in [6.45, 7) is 2.21. The van der Waals surface area contributed by atoms with Crippen molar-refractivity contribution >= 4 is 33.3 Å². The third-order valence-electron chi connectivity index (χ3n) is 3.57. The fourth-order valence-electron chi connectivity index (χ4n) is 2.53. The van der Waals surface area contributed by atoms with Gasteiger partial charge in [-0.3, -0.25) is 0 Å². The molecule has 1 aliphatic heterocycles. The quantitative estimate of drug-likeness (QED) is 0.790. The monoisotopic (exact) mass is 331 g/mol. The lowest BCUT2D eigenvalue weighted by molar-refractivity contribution is 0.314. The first-order valence-electron chi connectivity index (χ1n) is 6.23. The van der Waals surface area contributed by atoms with E-state index in [1.165, 1.54) is 19.4 Å². The minimum Gasteiger partial charge on any atom is -0.358 e. The Kier molecular flexibility index (Phi) is 4.87. The first-order valence-corrected chi connectivity index (χ1v) is 7.56. The lowest BCUT2D eigenvalue weighted by Gasteiger charge is -2.27.